The zero-order chi connectivity index (χ0) is 41.7. The van der Waals surface area contributed by atoms with Gasteiger partial charge in [0, 0.05) is 27.7 Å². The second kappa shape index (κ2) is 15.1. The summed E-state index contributed by atoms with van der Waals surface area (Å²) >= 11 is 0. The Morgan fingerprint density at radius 3 is 1.59 bits per heavy atom. The summed E-state index contributed by atoms with van der Waals surface area (Å²) in [4.78, 5) is 2.46. The Kier molecular flexibility index (Phi) is 8.76. The van der Waals surface area contributed by atoms with Crippen LogP contribution in [0.4, 0.5) is 17.1 Å². The molecular formula is C61H41NO. The van der Waals surface area contributed by atoms with Gasteiger partial charge >= 0.3 is 0 Å². The monoisotopic (exact) mass is 803 g/mol. The van der Waals surface area contributed by atoms with Crippen molar-refractivity contribution in [2.45, 2.75) is 5.41 Å². The number of benzene rings is 10. The minimum absolute atomic E-state index is 0.532. The highest BCUT2D eigenvalue weighted by atomic mass is 16.3. The fraction of sp³-hybridized carbons (Fsp3) is 0.0164. The number of hydrogen-bond donors (Lipinski definition) is 0. The lowest BCUT2D eigenvalue weighted by atomic mass is 9.67. The van der Waals surface area contributed by atoms with Crippen LogP contribution in [0.1, 0.15) is 22.3 Å². The summed E-state index contributed by atoms with van der Waals surface area (Å²) in [5.41, 5.74) is 19.1. The van der Waals surface area contributed by atoms with Crippen LogP contribution < -0.4 is 4.90 Å². The van der Waals surface area contributed by atoms with Crippen molar-refractivity contribution in [3.63, 3.8) is 0 Å². The molecule has 2 nitrogen and oxygen atoms in total. The highest BCUT2D eigenvalue weighted by Gasteiger charge is 2.46. The molecule has 0 atom stereocenters. The van der Waals surface area contributed by atoms with Crippen LogP contribution in [0, 0.1) is 0 Å². The molecule has 0 fully saturated rings. The molecule has 1 aliphatic rings. The third-order valence-corrected chi connectivity index (χ3v) is 13.0. The predicted octanol–water partition coefficient (Wildman–Crippen LogP) is 16.4. The van der Waals surface area contributed by atoms with E-state index in [1.54, 1.807) is 0 Å². The Balaban J connectivity index is 1.08. The molecule has 0 radical (unpaired) electrons. The quantitative estimate of drug-likeness (QED) is 0.152. The molecule has 0 bridgehead atoms. The number of hydrogen-bond acceptors (Lipinski definition) is 2. The van der Waals surface area contributed by atoms with E-state index >= 15 is 0 Å². The van der Waals surface area contributed by atoms with Gasteiger partial charge in [0.15, 0.2) is 0 Å². The van der Waals surface area contributed by atoms with E-state index in [1.165, 1.54) is 50.1 Å². The third-order valence-electron chi connectivity index (χ3n) is 13.0. The maximum absolute atomic E-state index is 6.19. The van der Waals surface area contributed by atoms with E-state index in [-0.39, 0.29) is 0 Å². The highest BCUT2D eigenvalue weighted by Crippen LogP contribution is 2.57. The SMILES string of the molecule is c1ccc(-c2ccccc2-c2ccccc2N(c2ccc(-c3ccc4oc5ccccc5c4c3)cc2)c2ccc3c(c2)C(c2ccccc2)(c2ccccc2)c2ccccc2-3)cc1. The summed E-state index contributed by atoms with van der Waals surface area (Å²) in [7, 11) is 0. The van der Waals surface area contributed by atoms with Crippen molar-refractivity contribution in [1.29, 1.82) is 0 Å². The average Bonchev–Trinajstić information content (AvgIpc) is 3.88. The number of anilines is 3. The third kappa shape index (κ3) is 5.95. The van der Waals surface area contributed by atoms with Crippen molar-refractivity contribution in [1.82, 2.24) is 0 Å². The zero-order valence-corrected chi connectivity index (χ0v) is 34.5. The van der Waals surface area contributed by atoms with Crippen molar-refractivity contribution in [3.8, 4) is 44.5 Å². The van der Waals surface area contributed by atoms with Gasteiger partial charge in [-0.1, -0.05) is 200 Å². The summed E-state index contributed by atoms with van der Waals surface area (Å²) < 4.78 is 6.19. The Labute approximate surface area is 367 Å². The minimum atomic E-state index is -0.532. The number of nitrogens with zero attached hydrogens (tertiary/aromatic N) is 1. The van der Waals surface area contributed by atoms with Crippen molar-refractivity contribution in [2.24, 2.45) is 0 Å². The molecule has 1 aliphatic carbocycles. The van der Waals surface area contributed by atoms with Gasteiger partial charge in [0.25, 0.3) is 0 Å². The molecule has 1 heterocycles. The first kappa shape index (κ1) is 36.6. The summed E-state index contributed by atoms with van der Waals surface area (Å²) in [5, 5.41) is 2.25. The van der Waals surface area contributed by atoms with E-state index < -0.39 is 5.41 Å². The summed E-state index contributed by atoms with van der Waals surface area (Å²) in [6, 6.07) is 90.4. The van der Waals surface area contributed by atoms with Crippen LogP contribution in [0.25, 0.3) is 66.4 Å². The molecule has 1 aromatic heterocycles. The van der Waals surface area contributed by atoms with E-state index in [0.717, 1.165) is 55.7 Å². The minimum Gasteiger partial charge on any atom is -0.456 e. The van der Waals surface area contributed by atoms with Gasteiger partial charge in [-0.15, -0.1) is 0 Å². The summed E-state index contributed by atoms with van der Waals surface area (Å²) in [6.45, 7) is 0. The molecule has 0 saturated carbocycles. The van der Waals surface area contributed by atoms with E-state index in [4.69, 9.17) is 4.42 Å². The van der Waals surface area contributed by atoms with Crippen LogP contribution in [0.5, 0.6) is 0 Å². The van der Waals surface area contributed by atoms with E-state index in [1.807, 2.05) is 12.1 Å². The van der Waals surface area contributed by atoms with Gasteiger partial charge in [-0.3, -0.25) is 0 Å². The van der Waals surface area contributed by atoms with Gasteiger partial charge in [-0.05, 0) is 110 Å². The molecule has 0 unspecified atom stereocenters. The normalized spacial score (nSPS) is 12.6. The molecule has 11 aromatic rings. The molecule has 0 aliphatic heterocycles. The second-order valence-electron chi connectivity index (χ2n) is 16.4. The second-order valence-corrected chi connectivity index (χ2v) is 16.4. The molecule has 63 heavy (non-hydrogen) atoms. The smallest absolute Gasteiger partial charge is 0.135 e. The van der Waals surface area contributed by atoms with E-state index in [9.17, 15) is 0 Å². The first-order valence-corrected chi connectivity index (χ1v) is 21.7. The summed E-state index contributed by atoms with van der Waals surface area (Å²) in [5.74, 6) is 0. The van der Waals surface area contributed by atoms with Crippen molar-refractivity contribution < 1.29 is 4.42 Å². The zero-order valence-electron chi connectivity index (χ0n) is 34.5. The number of rotatable bonds is 8. The van der Waals surface area contributed by atoms with Crippen molar-refractivity contribution >= 4 is 39.0 Å². The topological polar surface area (TPSA) is 16.4 Å². The molecule has 0 saturated heterocycles. The Morgan fingerprint density at radius 2 is 0.841 bits per heavy atom. The van der Waals surface area contributed by atoms with E-state index in [0.29, 0.717) is 0 Å². The number of furan rings is 1. The van der Waals surface area contributed by atoms with Gasteiger partial charge in [-0.2, -0.15) is 0 Å². The van der Waals surface area contributed by atoms with Crippen LogP contribution in [0.15, 0.2) is 253 Å². The lowest BCUT2D eigenvalue weighted by molar-refractivity contribution is 0.669. The lowest BCUT2D eigenvalue weighted by Crippen LogP contribution is -2.28. The van der Waals surface area contributed by atoms with Gasteiger partial charge in [0.05, 0.1) is 11.1 Å². The first-order valence-electron chi connectivity index (χ1n) is 21.7. The Morgan fingerprint density at radius 1 is 0.302 bits per heavy atom. The van der Waals surface area contributed by atoms with Gasteiger partial charge in [0.1, 0.15) is 11.2 Å². The van der Waals surface area contributed by atoms with Gasteiger partial charge < -0.3 is 9.32 Å². The van der Waals surface area contributed by atoms with Crippen LogP contribution in [0.2, 0.25) is 0 Å². The molecule has 296 valence electrons. The van der Waals surface area contributed by atoms with Gasteiger partial charge in [0.2, 0.25) is 0 Å². The first-order chi connectivity index (χ1) is 31.3. The number of para-hydroxylation sites is 2. The summed E-state index contributed by atoms with van der Waals surface area (Å²) in [6.07, 6.45) is 0. The van der Waals surface area contributed by atoms with Crippen LogP contribution in [-0.2, 0) is 5.41 Å². The average molecular weight is 804 g/mol. The number of fused-ring (bicyclic) bond motifs is 6. The molecule has 0 spiro atoms. The fourth-order valence-corrected chi connectivity index (χ4v) is 10.2. The largest absolute Gasteiger partial charge is 0.456 e. The standard InChI is InChI=1S/C61H41NO/c1-4-18-43(19-5-1)49-24-10-11-25-50(49)53-27-13-16-30-58(53)62(47-35-32-42(33-36-47)44-34-39-60-55(40-44)54-28-14-17-31-59(54)63-60)48-37-38-52-51-26-12-15-29-56(51)61(57(52)41-48,45-20-6-2-7-21-45)46-22-8-3-9-23-46/h1-41H. The molecule has 0 amide bonds. The fourth-order valence-electron chi connectivity index (χ4n) is 10.2. The van der Waals surface area contributed by atoms with Gasteiger partial charge in [-0.25, -0.2) is 0 Å². The van der Waals surface area contributed by atoms with Crippen molar-refractivity contribution in [2.75, 3.05) is 4.90 Å². The maximum Gasteiger partial charge on any atom is 0.135 e. The predicted molar refractivity (Wildman–Crippen MR) is 262 cm³/mol. The van der Waals surface area contributed by atoms with Crippen LogP contribution in [0.3, 0.4) is 0 Å². The van der Waals surface area contributed by atoms with Crippen molar-refractivity contribution in [3.05, 3.63) is 271 Å². The molecule has 10 aromatic carbocycles. The maximum atomic E-state index is 6.19. The molecular weight excluding hydrogens is 763 g/mol. The Bertz CT molecular complexity index is 3400. The molecule has 2 heteroatoms. The Hall–Kier alpha value is -8.20. The highest BCUT2D eigenvalue weighted by molar-refractivity contribution is 6.06. The molecule has 0 N–H and O–H groups in total. The van der Waals surface area contributed by atoms with Crippen LogP contribution >= 0.6 is 0 Å². The van der Waals surface area contributed by atoms with Crippen LogP contribution in [-0.4, -0.2) is 0 Å². The van der Waals surface area contributed by atoms with E-state index in [2.05, 4.69) is 241 Å². The molecule has 12 rings (SSSR count). The lowest BCUT2D eigenvalue weighted by Gasteiger charge is -2.35.